The molecule has 0 unspecified atom stereocenters. The summed E-state index contributed by atoms with van der Waals surface area (Å²) in [5, 5.41) is 3.13. The molecule has 0 saturated carbocycles. The normalized spacial score (nSPS) is 15.4. The van der Waals surface area contributed by atoms with Crippen LogP contribution in [0.15, 0.2) is 10.2 Å². The number of hydrogen-bond donors (Lipinski definition) is 2. The number of nitrogens with zero attached hydrogens (tertiary/aromatic N) is 3. The highest BCUT2D eigenvalue weighted by atomic mass is 32.1. The highest BCUT2D eigenvalue weighted by Crippen LogP contribution is 2.18. The number of thiazole rings is 1. The Bertz CT molecular complexity index is 662. The molecular formula is C12H15N5OS. The van der Waals surface area contributed by atoms with Crippen LogP contribution in [0, 0.1) is 6.92 Å². The molecule has 0 aromatic carbocycles. The molecule has 0 bridgehead atoms. The number of nitrogens with one attached hydrogen (secondary N) is 1. The Labute approximate surface area is 114 Å². The molecule has 3 heterocycles. The maximum Gasteiger partial charge on any atom is 0.257 e. The van der Waals surface area contributed by atoms with Crippen molar-refractivity contribution in [3.63, 3.8) is 0 Å². The molecule has 1 aliphatic heterocycles. The van der Waals surface area contributed by atoms with Crippen LogP contribution in [0.1, 0.15) is 22.0 Å². The van der Waals surface area contributed by atoms with Crippen LogP contribution in [0.4, 0.5) is 5.95 Å². The Balaban J connectivity index is 1.80. The zero-order valence-electron chi connectivity index (χ0n) is 10.6. The van der Waals surface area contributed by atoms with Crippen molar-refractivity contribution in [2.45, 2.75) is 26.4 Å². The van der Waals surface area contributed by atoms with E-state index in [1.165, 1.54) is 0 Å². The van der Waals surface area contributed by atoms with Gasteiger partial charge in [0.15, 0.2) is 0 Å². The molecule has 0 fully saturated rings. The van der Waals surface area contributed by atoms with E-state index < -0.39 is 0 Å². The van der Waals surface area contributed by atoms with E-state index in [1.807, 2.05) is 12.3 Å². The Morgan fingerprint density at radius 3 is 3.11 bits per heavy atom. The summed E-state index contributed by atoms with van der Waals surface area (Å²) < 4.78 is 0. The minimum Gasteiger partial charge on any atom is -0.369 e. The van der Waals surface area contributed by atoms with Crippen molar-refractivity contribution in [2.24, 2.45) is 0 Å². The number of nitrogens with two attached hydrogens (primary N) is 1. The molecule has 0 spiro atoms. The fourth-order valence-electron chi connectivity index (χ4n) is 2.30. The summed E-state index contributed by atoms with van der Waals surface area (Å²) >= 11 is 1.66. The summed E-state index contributed by atoms with van der Waals surface area (Å²) in [5.41, 5.74) is 8.04. The topological polar surface area (TPSA) is 87.9 Å². The standard InChI is InChI=1S/C12H15N5OS/c1-7-6-19-10(14-7)5-17-3-2-9-8(4-17)11(18)16-12(13)15-9/h6H,2-5H2,1H3,(H3,13,15,16,18). The van der Waals surface area contributed by atoms with E-state index in [0.717, 1.165) is 41.5 Å². The van der Waals surface area contributed by atoms with Crippen LogP contribution < -0.4 is 11.3 Å². The van der Waals surface area contributed by atoms with Crippen LogP contribution in [0.5, 0.6) is 0 Å². The van der Waals surface area contributed by atoms with Gasteiger partial charge in [-0.05, 0) is 6.92 Å². The van der Waals surface area contributed by atoms with E-state index in [4.69, 9.17) is 5.73 Å². The quantitative estimate of drug-likeness (QED) is 0.842. The molecule has 0 radical (unpaired) electrons. The number of aromatic amines is 1. The summed E-state index contributed by atoms with van der Waals surface area (Å²) in [6.07, 6.45) is 0.758. The third-order valence-electron chi connectivity index (χ3n) is 3.19. The van der Waals surface area contributed by atoms with Gasteiger partial charge in [0.2, 0.25) is 5.95 Å². The smallest absolute Gasteiger partial charge is 0.257 e. The zero-order valence-corrected chi connectivity index (χ0v) is 11.5. The Kier molecular flexibility index (Phi) is 3.08. The van der Waals surface area contributed by atoms with Crippen molar-refractivity contribution in [3.8, 4) is 0 Å². The number of aromatic nitrogens is 3. The number of nitrogen functional groups attached to an aromatic ring is 1. The van der Waals surface area contributed by atoms with Crippen LogP contribution in [0.3, 0.4) is 0 Å². The highest BCUT2D eigenvalue weighted by molar-refractivity contribution is 7.09. The molecule has 100 valence electrons. The molecule has 2 aromatic heterocycles. The Morgan fingerprint density at radius 2 is 2.37 bits per heavy atom. The maximum atomic E-state index is 11.9. The Morgan fingerprint density at radius 1 is 1.53 bits per heavy atom. The molecule has 1 aliphatic rings. The van der Waals surface area contributed by atoms with Gasteiger partial charge in [0, 0.05) is 30.6 Å². The lowest BCUT2D eigenvalue weighted by Crippen LogP contribution is -2.35. The van der Waals surface area contributed by atoms with Crippen LogP contribution in [0.25, 0.3) is 0 Å². The summed E-state index contributed by atoms with van der Waals surface area (Å²) in [5.74, 6) is 0.202. The minimum absolute atomic E-state index is 0.123. The van der Waals surface area contributed by atoms with Gasteiger partial charge in [-0.1, -0.05) is 0 Å². The molecule has 6 nitrogen and oxygen atoms in total. The first-order valence-corrected chi connectivity index (χ1v) is 7.00. The predicted molar refractivity (Wildman–Crippen MR) is 73.9 cm³/mol. The van der Waals surface area contributed by atoms with E-state index in [1.54, 1.807) is 11.3 Å². The molecule has 0 aliphatic carbocycles. The second-order valence-corrected chi connectivity index (χ2v) is 5.66. The molecule has 3 rings (SSSR count). The summed E-state index contributed by atoms with van der Waals surface area (Å²) in [6.45, 7) is 4.25. The molecule has 0 amide bonds. The summed E-state index contributed by atoms with van der Waals surface area (Å²) in [7, 11) is 0. The predicted octanol–water partition coefficient (Wildman–Crippen LogP) is 0.675. The number of rotatable bonds is 2. The van der Waals surface area contributed by atoms with Crippen molar-refractivity contribution in [1.82, 2.24) is 19.9 Å². The van der Waals surface area contributed by atoms with E-state index in [2.05, 4.69) is 19.9 Å². The second-order valence-electron chi connectivity index (χ2n) is 4.72. The molecule has 7 heteroatoms. The van der Waals surface area contributed by atoms with Gasteiger partial charge in [-0.2, -0.15) is 0 Å². The minimum atomic E-state index is -0.123. The fourth-order valence-corrected chi connectivity index (χ4v) is 3.11. The fraction of sp³-hybridized carbons (Fsp3) is 0.417. The lowest BCUT2D eigenvalue weighted by atomic mass is 10.1. The van der Waals surface area contributed by atoms with E-state index in [9.17, 15) is 4.79 Å². The third-order valence-corrected chi connectivity index (χ3v) is 4.14. The number of fused-ring (bicyclic) bond motifs is 1. The lowest BCUT2D eigenvalue weighted by molar-refractivity contribution is 0.241. The SMILES string of the molecule is Cc1csc(CN2CCc3nc(N)[nH]c(=O)c3C2)n1. The Hall–Kier alpha value is -1.73. The van der Waals surface area contributed by atoms with Gasteiger partial charge in [-0.25, -0.2) is 9.97 Å². The van der Waals surface area contributed by atoms with Crippen LogP contribution >= 0.6 is 11.3 Å². The number of anilines is 1. The second kappa shape index (κ2) is 4.75. The lowest BCUT2D eigenvalue weighted by Gasteiger charge is -2.26. The number of H-pyrrole nitrogens is 1. The van der Waals surface area contributed by atoms with Gasteiger partial charge in [0.05, 0.1) is 17.8 Å². The van der Waals surface area contributed by atoms with Crippen LogP contribution in [-0.2, 0) is 19.5 Å². The molecule has 2 aromatic rings. The first-order chi connectivity index (χ1) is 9.11. The molecule has 19 heavy (non-hydrogen) atoms. The first kappa shape index (κ1) is 12.3. The summed E-state index contributed by atoms with van der Waals surface area (Å²) in [4.78, 5) is 25.3. The van der Waals surface area contributed by atoms with Gasteiger partial charge >= 0.3 is 0 Å². The maximum absolute atomic E-state index is 11.9. The van der Waals surface area contributed by atoms with Gasteiger partial charge in [0.25, 0.3) is 5.56 Å². The van der Waals surface area contributed by atoms with E-state index >= 15 is 0 Å². The number of hydrogen-bond acceptors (Lipinski definition) is 6. The van der Waals surface area contributed by atoms with E-state index in [0.29, 0.717) is 6.54 Å². The van der Waals surface area contributed by atoms with Gasteiger partial charge in [-0.3, -0.25) is 14.7 Å². The third kappa shape index (κ3) is 2.52. The van der Waals surface area contributed by atoms with Crippen molar-refractivity contribution >= 4 is 17.3 Å². The average molecular weight is 277 g/mol. The summed E-state index contributed by atoms with van der Waals surface area (Å²) in [6, 6.07) is 0. The molecule has 3 N–H and O–H groups in total. The highest BCUT2D eigenvalue weighted by Gasteiger charge is 2.21. The number of aryl methyl sites for hydroxylation is 1. The zero-order chi connectivity index (χ0) is 13.4. The van der Waals surface area contributed by atoms with Crippen LogP contribution in [-0.4, -0.2) is 26.4 Å². The van der Waals surface area contributed by atoms with Crippen LogP contribution in [0.2, 0.25) is 0 Å². The average Bonchev–Trinajstić information content (AvgIpc) is 2.75. The van der Waals surface area contributed by atoms with Crippen molar-refractivity contribution in [3.05, 3.63) is 37.7 Å². The van der Waals surface area contributed by atoms with Gasteiger partial charge < -0.3 is 5.73 Å². The van der Waals surface area contributed by atoms with Crippen molar-refractivity contribution in [1.29, 1.82) is 0 Å². The van der Waals surface area contributed by atoms with Gasteiger partial charge in [-0.15, -0.1) is 11.3 Å². The molecule has 0 atom stereocenters. The van der Waals surface area contributed by atoms with Crippen molar-refractivity contribution in [2.75, 3.05) is 12.3 Å². The van der Waals surface area contributed by atoms with Crippen molar-refractivity contribution < 1.29 is 0 Å². The van der Waals surface area contributed by atoms with Gasteiger partial charge in [0.1, 0.15) is 5.01 Å². The molecule has 0 saturated heterocycles. The van der Waals surface area contributed by atoms with E-state index in [-0.39, 0.29) is 11.5 Å². The monoisotopic (exact) mass is 277 g/mol. The molecular weight excluding hydrogens is 262 g/mol. The first-order valence-electron chi connectivity index (χ1n) is 6.13. The largest absolute Gasteiger partial charge is 0.369 e.